The number of rotatable bonds is 4. The maximum atomic E-state index is 11.1. The van der Waals surface area contributed by atoms with Crippen molar-refractivity contribution in [1.29, 1.82) is 0 Å². The molecule has 2 N–H and O–H groups in total. The monoisotopic (exact) mass is 377 g/mol. The van der Waals surface area contributed by atoms with E-state index in [0.717, 1.165) is 43.2 Å². The molecular formula is C19H27N3O5. The van der Waals surface area contributed by atoms with Gasteiger partial charge in [0.25, 0.3) is 0 Å². The van der Waals surface area contributed by atoms with Crippen LogP contribution in [0.1, 0.15) is 5.56 Å². The Morgan fingerprint density at radius 2 is 1.96 bits per heavy atom. The van der Waals surface area contributed by atoms with Crippen LogP contribution < -0.4 is 14.8 Å². The molecule has 4 aliphatic rings. The van der Waals surface area contributed by atoms with Crippen LogP contribution in [0.5, 0.6) is 11.5 Å². The van der Waals surface area contributed by atoms with Crippen molar-refractivity contribution in [2.45, 2.75) is 37.1 Å². The molecule has 5 rings (SSSR count). The van der Waals surface area contributed by atoms with Gasteiger partial charge in [-0.2, -0.15) is 0 Å². The molecule has 4 heterocycles. The highest BCUT2D eigenvalue weighted by Gasteiger charge is 2.52. The molecule has 3 fully saturated rings. The number of aliphatic hydroxyl groups excluding tert-OH is 1. The highest BCUT2D eigenvalue weighted by Crippen LogP contribution is 2.34. The Morgan fingerprint density at radius 1 is 1.15 bits per heavy atom. The van der Waals surface area contributed by atoms with Crippen molar-refractivity contribution in [3.8, 4) is 11.5 Å². The van der Waals surface area contributed by atoms with Gasteiger partial charge in [0.05, 0.1) is 24.8 Å². The van der Waals surface area contributed by atoms with Gasteiger partial charge >= 0.3 is 0 Å². The topological polar surface area (TPSA) is 75.7 Å². The molecular weight excluding hydrogens is 350 g/mol. The minimum absolute atomic E-state index is 0.122. The SMILES string of the molecule is CN1CCN([C@H]2[C@@H]3OC[C@@H](O3)[C@@H](NCc3ccc4c(c3)OCO4)[C@@H]2O)CC1. The van der Waals surface area contributed by atoms with Crippen LogP contribution in [0.3, 0.4) is 0 Å². The van der Waals surface area contributed by atoms with Crippen LogP contribution in [0.25, 0.3) is 0 Å². The molecule has 3 saturated heterocycles. The van der Waals surface area contributed by atoms with E-state index in [0.29, 0.717) is 13.2 Å². The van der Waals surface area contributed by atoms with Crippen molar-refractivity contribution < 1.29 is 24.1 Å². The lowest BCUT2D eigenvalue weighted by Gasteiger charge is -2.46. The van der Waals surface area contributed by atoms with E-state index in [9.17, 15) is 5.11 Å². The van der Waals surface area contributed by atoms with Gasteiger partial charge in [-0.05, 0) is 24.7 Å². The molecule has 4 aliphatic heterocycles. The Labute approximate surface area is 158 Å². The first-order valence-corrected chi connectivity index (χ1v) is 9.69. The highest BCUT2D eigenvalue weighted by atomic mass is 16.7. The summed E-state index contributed by atoms with van der Waals surface area (Å²) in [5, 5.41) is 14.6. The standard InChI is InChI=1S/C19H27N3O5/c1-21-4-6-22(7-5-21)17-18(23)16(15-10-24-19(17)27-15)20-9-12-2-3-13-14(8-12)26-11-25-13/h2-3,8,15-20,23H,4-7,9-11H2,1H3/t15-,16-,17-,18+,19-/m1/s1. The van der Waals surface area contributed by atoms with Crippen LogP contribution in [0, 0.1) is 0 Å². The van der Waals surface area contributed by atoms with Crippen molar-refractivity contribution >= 4 is 0 Å². The molecule has 8 nitrogen and oxygen atoms in total. The second kappa shape index (κ2) is 7.20. The number of nitrogens with one attached hydrogen (secondary N) is 1. The molecule has 2 bridgehead atoms. The molecule has 0 radical (unpaired) electrons. The third kappa shape index (κ3) is 3.30. The molecule has 5 atom stereocenters. The molecule has 148 valence electrons. The molecule has 0 amide bonds. The molecule has 1 aromatic rings. The van der Waals surface area contributed by atoms with Gasteiger partial charge in [0.15, 0.2) is 17.8 Å². The maximum Gasteiger partial charge on any atom is 0.231 e. The third-order valence-corrected chi connectivity index (χ3v) is 6.07. The Balaban J connectivity index is 1.27. The van der Waals surface area contributed by atoms with Crippen LogP contribution in [-0.4, -0.2) is 92.1 Å². The van der Waals surface area contributed by atoms with Gasteiger partial charge < -0.3 is 34.3 Å². The first-order chi connectivity index (χ1) is 13.2. The predicted molar refractivity (Wildman–Crippen MR) is 96.7 cm³/mol. The van der Waals surface area contributed by atoms with Gasteiger partial charge in [-0.15, -0.1) is 0 Å². The molecule has 27 heavy (non-hydrogen) atoms. The van der Waals surface area contributed by atoms with Crippen LogP contribution >= 0.6 is 0 Å². The molecule has 0 aliphatic carbocycles. The zero-order valence-electron chi connectivity index (χ0n) is 15.5. The fraction of sp³-hybridized carbons (Fsp3) is 0.684. The van der Waals surface area contributed by atoms with Crippen molar-refractivity contribution in [3.05, 3.63) is 23.8 Å². The summed E-state index contributed by atoms with van der Waals surface area (Å²) in [6.45, 7) is 5.24. The number of ether oxygens (including phenoxy) is 4. The summed E-state index contributed by atoms with van der Waals surface area (Å²) in [7, 11) is 2.13. The molecule has 0 saturated carbocycles. The van der Waals surface area contributed by atoms with Crippen molar-refractivity contribution in [1.82, 2.24) is 15.1 Å². The summed E-state index contributed by atoms with van der Waals surface area (Å²) in [5.74, 6) is 1.55. The van der Waals surface area contributed by atoms with E-state index >= 15 is 0 Å². The number of nitrogens with zero attached hydrogens (tertiary/aromatic N) is 2. The number of likely N-dealkylation sites (N-methyl/N-ethyl adjacent to an activating group) is 1. The fourth-order valence-corrected chi connectivity index (χ4v) is 4.45. The average Bonchev–Trinajstić information content (AvgIpc) is 3.31. The Hall–Kier alpha value is -1.42. The van der Waals surface area contributed by atoms with E-state index in [1.54, 1.807) is 0 Å². The summed E-state index contributed by atoms with van der Waals surface area (Å²) in [6, 6.07) is 5.62. The second-order valence-electron chi connectivity index (χ2n) is 7.79. The highest BCUT2D eigenvalue weighted by molar-refractivity contribution is 5.44. The number of fused-ring (bicyclic) bond motifs is 3. The summed E-state index contributed by atoms with van der Waals surface area (Å²) >= 11 is 0. The van der Waals surface area contributed by atoms with Gasteiger partial charge in [0, 0.05) is 32.7 Å². The van der Waals surface area contributed by atoms with Gasteiger partial charge in [-0.3, -0.25) is 4.90 Å². The minimum Gasteiger partial charge on any atom is -0.454 e. The third-order valence-electron chi connectivity index (χ3n) is 6.07. The summed E-state index contributed by atoms with van der Waals surface area (Å²) in [4.78, 5) is 4.62. The number of hydrogen-bond donors (Lipinski definition) is 2. The number of aliphatic hydroxyl groups is 1. The fourth-order valence-electron chi connectivity index (χ4n) is 4.45. The van der Waals surface area contributed by atoms with Crippen molar-refractivity contribution in [2.75, 3.05) is 46.6 Å². The lowest BCUT2D eigenvalue weighted by Crippen LogP contribution is -2.66. The van der Waals surface area contributed by atoms with E-state index in [2.05, 4.69) is 22.2 Å². The zero-order valence-corrected chi connectivity index (χ0v) is 15.5. The summed E-state index contributed by atoms with van der Waals surface area (Å²) in [5.41, 5.74) is 1.09. The van der Waals surface area contributed by atoms with Crippen molar-refractivity contribution in [2.24, 2.45) is 0 Å². The lowest BCUT2D eigenvalue weighted by molar-refractivity contribution is -0.186. The Bertz CT molecular complexity index is 681. The maximum absolute atomic E-state index is 11.1. The zero-order chi connectivity index (χ0) is 18.4. The largest absolute Gasteiger partial charge is 0.454 e. The number of hydrogen-bond acceptors (Lipinski definition) is 8. The van der Waals surface area contributed by atoms with E-state index in [1.165, 1.54) is 0 Å². The molecule has 0 spiro atoms. The second-order valence-corrected chi connectivity index (χ2v) is 7.79. The minimum atomic E-state index is -0.534. The molecule has 8 heteroatoms. The van der Waals surface area contributed by atoms with Gasteiger partial charge in [-0.1, -0.05) is 6.07 Å². The summed E-state index contributed by atoms with van der Waals surface area (Å²) < 4.78 is 22.8. The van der Waals surface area contributed by atoms with Crippen LogP contribution in [0.2, 0.25) is 0 Å². The normalized spacial score (nSPS) is 36.3. The van der Waals surface area contributed by atoms with Gasteiger partial charge in [0.2, 0.25) is 6.79 Å². The first kappa shape index (κ1) is 17.7. The van der Waals surface area contributed by atoms with E-state index in [4.69, 9.17) is 18.9 Å². The van der Waals surface area contributed by atoms with Crippen LogP contribution in [0.4, 0.5) is 0 Å². The van der Waals surface area contributed by atoms with Crippen LogP contribution in [0.15, 0.2) is 18.2 Å². The molecule has 0 unspecified atom stereocenters. The molecule has 0 aromatic heterocycles. The van der Waals surface area contributed by atoms with E-state index < -0.39 is 6.10 Å². The number of piperazine rings is 1. The Morgan fingerprint density at radius 3 is 2.81 bits per heavy atom. The molecule has 1 aromatic carbocycles. The quantitative estimate of drug-likeness (QED) is 0.735. The predicted octanol–water partition coefficient (Wildman–Crippen LogP) is -0.394. The smallest absolute Gasteiger partial charge is 0.231 e. The Kier molecular flexibility index (Phi) is 4.71. The van der Waals surface area contributed by atoms with Gasteiger partial charge in [-0.25, -0.2) is 0 Å². The van der Waals surface area contributed by atoms with Crippen molar-refractivity contribution in [3.63, 3.8) is 0 Å². The lowest BCUT2D eigenvalue weighted by atomic mass is 9.94. The van der Waals surface area contributed by atoms with E-state index in [1.807, 2.05) is 18.2 Å². The number of benzene rings is 1. The van der Waals surface area contributed by atoms with E-state index in [-0.39, 0.29) is 31.3 Å². The average molecular weight is 377 g/mol. The van der Waals surface area contributed by atoms with Crippen LogP contribution in [-0.2, 0) is 16.0 Å². The summed E-state index contributed by atoms with van der Waals surface area (Å²) in [6.07, 6.45) is -0.992. The van der Waals surface area contributed by atoms with Gasteiger partial charge in [0.1, 0.15) is 6.10 Å². The first-order valence-electron chi connectivity index (χ1n) is 9.69.